The Labute approximate surface area is 144 Å². The maximum atomic E-state index is 14.1. The average molecular weight is 349 g/mol. The predicted octanol–water partition coefficient (Wildman–Crippen LogP) is 3.02. The quantitative estimate of drug-likeness (QED) is 0.805. The van der Waals surface area contributed by atoms with Gasteiger partial charge < -0.3 is 15.8 Å². The van der Waals surface area contributed by atoms with Gasteiger partial charge in [0.15, 0.2) is 11.6 Å². The van der Waals surface area contributed by atoms with E-state index < -0.39 is 5.82 Å². The number of carbonyl (C=O) groups excluding carboxylic acids is 1. The minimum atomic E-state index is -0.409. The molecule has 7 heteroatoms. The van der Waals surface area contributed by atoms with E-state index in [0.29, 0.717) is 35.3 Å². The predicted molar refractivity (Wildman–Crippen MR) is 90.5 cm³/mol. The molecule has 1 aromatic heterocycles. The number of nitrogens with one attached hydrogen (secondary N) is 1. The SMILES string of the molecule is CC(NC(=O)c1csc(CN)n1)c1ccc(OCC2CC2)c(F)c1. The van der Waals surface area contributed by atoms with Gasteiger partial charge in [-0.25, -0.2) is 9.37 Å². The summed E-state index contributed by atoms with van der Waals surface area (Å²) in [4.78, 5) is 16.3. The molecule has 1 amide bonds. The van der Waals surface area contributed by atoms with Gasteiger partial charge in [0.05, 0.1) is 12.6 Å². The third-order valence-electron chi connectivity index (χ3n) is 3.93. The molecule has 0 bridgehead atoms. The summed E-state index contributed by atoms with van der Waals surface area (Å²) in [7, 11) is 0. The molecule has 1 aromatic carbocycles. The fourth-order valence-corrected chi connectivity index (χ4v) is 2.91. The van der Waals surface area contributed by atoms with Crippen molar-refractivity contribution < 1.29 is 13.9 Å². The summed E-state index contributed by atoms with van der Waals surface area (Å²) in [5, 5.41) is 5.18. The highest BCUT2D eigenvalue weighted by atomic mass is 32.1. The number of aromatic nitrogens is 1. The Morgan fingerprint density at radius 2 is 2.33 bits per heavy atom. The summed E-state index contributed by atoms with van der Waals surface area (Å²) < 4.78 is 19.6. The Balaban J connectivity index is 1.62. The Kier molecular flexibility index (Phi) is 5.11. The number of ether oxygens (including phenoxy) is 1. The van der Waals surface area contributed by atoms with Crippen molar-refractivity contribution >= 4 is 17.2 Å². The zero-order chi connectivity index (χ0) is 17.1. The number of rotatable bonds is 7. The van der Waals surface area contributed by atoms with Gasteiger partial charge >= 0.3 is 0 Å². The van der Waals surface area contributed by atoms with E-state index >= 15 is 0 Å². The van der Waals surface area contributed by atoms with Crippen LogP contribution in [0.5, 0.6) is 5.75 Å². The Morgan fingerprint density at radius 1 is 1.54 bits per heavy atom. The summed E-state index contributed by atoms with van der Waals surface area (Å²) in [5.41, 5.74) is 6.50. The lowest BCUT2D eigenvalue weighted by molar-refractivity contribution is 0.0935. The fourth-order valence-electron chi connectivity index (χ4n) is 2.26. The molecule has 1 atom stereocenters. The summed E-state index contributed by atoms with van der Waals surface area (Å²) in [6.07, 6.45) is 2.32. The van der Waals surface area contributed by atoms with Crippen molar-refractivity contribution in [2.24, 2.45) is 11.7 Å². The van der Waals surface area contributed by atoms with Gasteiger partial charge in [-0.3, -0.25) is 4.79 Å². The Bertz CT molecular complexity index is 730. The molecule has 0 aliphatic heterocycles. The third kappa shape index (κ3) is 4.10. The standard InChI is InChI=1S/C17H20FN3O2S/c1-10(20-17(22)14-9-24-16(7-19)21-14)12-4-5-15(13(18)6-12)23-8-11-2-3-11/h4-6,9-11H,2-3,7-8,19H2,1H3,(H,20,22). The highest BCUT2D eigenvalue weighted by Crippen LogP contribution is 2.30. The molecule has 1 aliphatic carbocycles. The molecule has 0 spiro atoms. The van der Waals surface area contributed by atoms with Crippen LogP contribution in [0, 0.1) is 11.7 Å². The van der Waals surface area contributed by atoms with Crippen molar-refractivity contribution in [1.82, 2.24) is 10.3 Å². The van der Waals surface area contributed by atoms with Crippen molar-refractivity contribution in [2.45, 2.75) is 32.4 Å². The van der Waals surface area contributed by atoms with Crippen molar-refractivity contribution in [2.75, 3.05) is 6.61 Å². The maximum absolute atomic E-state index is 14.1. The molecule has 1 unspecified atom stereocenters. The first-order chi connectivity index (χ1) is 11.6. The number of thiazole rings is 1. The van der Waals surface area contributed by atoms with E-state index in [4.69, 9.17) is 10.5 Å². The van der Waals surface area contributed by atoms with Gasteiger partial charge in [-0.05, 0) is 43.4 Å². The number of halogens is 1. The smallest absolute Gasteiger partial charge is 0.271 e. The molecule has 1 saturated carbocycles. The monoisotopic (exact) mass is 349 g/mol. The van der Waals surface area contributed by atoms with Crippen LogP contribution in [0.25, 0.3) is 0 Å². The van der Waals surface area contributed by atoms with E-state index in [2.05, 4.69) is 10.3 Å². The van der Waals surface area contributed by atoms with E-state index in [1.165, 1.54) is 17.4 Å². The van der Waals surface area contributed by atoms with Crippen molar-refractivity contribution in [3.05, 3.63) is 45.7 Å². The molecule has 5 nitrogen and oxygen atoms in total. The van der Waals surface area contributed by atoms with Crippen molar-refractivity contribution in [3.8, 4) is 5.75 Å². The van der Waals surface area contributed by atoms with Gasteiger partial charge in [0.2, 0.25) is 0 Å². The van der Waals surface area contributed by atoms with Gasteiger partial charge in [-0.2, -0.15) is 0 Å². The molecule has 24 heavy (non-hydrogen) atoms. The fraction of sp³-hybridized carbons (Fsp3) is 0.412. The van der Waals surface area contributed by atoms with Crippen molar-refractivity contribution in [1.29, 1.82) is 0 Å². The number of nitrogens with zero attached hydrogens (tertiary/aromatic N) is 1. The average Bonchev–Trinajstić information content (AvgIpc) is 3.27. The lowest BCUT2D eigenvalue weighted by atomic mass is 10.1. The van der Waals surface area contributed by atoms with E-state index in [9.17, 15) is 9.18 Å². The second-order valence-corrected chi connectivity index (χ2v) is 6.91. The number of hydrogen-bond donors (Lipinski definition) is 2. The lowest BCUT2D eigenvalue weighted by Crippen LogP contribution is -2.27. The molecular weight excluding hydrogens is 329 g/mol. The van der Waals surface area contributed by atoms with Crippen LogP contribution in [0.1, 0.15) is 46.9 Å². The minimum absolute atomic E-state index is 0.260. The van der Waals surface area contributed by atoms with Gasteiger partial charge in [0.1, 0.15) is 10.7 Å². The van der Waals surface area contributed by atoms with E-state index in [1.807, 2.05) is 0 Å². The van der Waals surface area contributed by atoms with Crippen LogP contribution in [0.4, 0.5) is 4.39 Å². The molecule has 3 rings (SSSR count). The highest BCUT2D eigenvalue weighted by Gasteiger charge is 2.22. The number of hydrogen-bond acceptors (Lipinski definition) is 5. The first kappa shape index (κ1) is 16.9. The maximum Gasteiger partial charge on any atom is 0.271 e. The number of carbonyl (C=O) groups is 1. The Morgan fingerprint density at radius 3 is 2.96 bits per heavy atom. The van der Waals surface area contributed by atoms with E-state index in [1.54, 1.807) is 24.4 Å². The van der Waals surface area contributed by atoms with Crippen LogP contribution in [0.2, 0.25) is 0 Å². The molecule has 1 aliphatic rings. The second-order valence-electron chi connectivity index (χ2n) is 5.97. The van der Waals surface area contributed by atoms with Crippen LogP contribution >= 0.6 is 11.3 Å². The Hall–Kier alpha value is -1.99. The molecule has 3 N–H and O–H groups in total. The van der Waals surface area contributed by atoms with Crippen LogP contribution in [-0.4, -0.2) is 17.5 Å². The van der Waals surface area contributed by atoms with Crippen LogP contribution in [0.3, 0.4) is 0 Å². The highest BCUT2D eigenvalue weighted by molar-refractivity contribution is 7.09. The minimum Gasteiger partial charge on any atom is -0.490 e. The zero-order valence-electron chi connectivity index (χ0n) is 13.4. The van der Waals surface area contributed by atoms with Gasteiger partial charge in [0, 0.05) is 11.9 Å². The number of benzene rings is 1. The first-order valence-electron chi connectivity index (χ1n) is 7.94. The lowest BCUT2D eigenvalue weighted by Gasteiger charge is -2.15. The molecule has 0 radical (unpaired) electrons. The topological polar surface area (TPSA) is 77.2 Å². The van der Waals surface area contributed by atoms with E-state index in [0.717, 1.165) is 12.8 Å². The second kappa shape index (κ2) is 7.27. The zero-order valence-corrected chi connectivity index (χ0v) is 14.2. The normalized spacial score (nSPS) is 15.1. The molecule has 1 heterocycles. The summed E-state index contributed by atoms with van der Waals surface area (Å²) >= 11 is 1.34. The van der Waals surface area contributed by atoms with Gasteiger partial charge in [0.25, 0.3) is 5.91 Å². The van der Waals surface area contributed by atoms with Gasteiger partial charge in [-0.15, -0.1) is 11.3 Å². The number of nitrogens with two attached hydrogens (primary N) is 1. The van der Waals surface area contributed by atoms with Crippen molar-refractivity contribution in [3.63, 3.8) is 0 Å². The molecular formula is C17H20FN3O2S. The molecule has 128 valence electrons. The van der Waals surface area contributed by atoms with Crippen LogP contribution in [0.15, 0.2) is 23.6 Å². The van der Waals surface area contributed by atoms with E-state index in [-0.39, 0.29) is 17.7 Å². The largest absolute Gasteiger partial charge is 0.490 e. The third-order valence-corrected chi connectivity index (χ3v) is 4.81. The molecule has 2 aromatic rings. The molecule has 1 fully saturated rings. The van der Waals surface area contributed by atoms with Crippen LogP contribution < -0.4 is 15.8 Å². The molecule has 0 saturated heterocycles. The summed E-state index contributed by atoms with van der Waals surface area (Å²) in [5.74, 6) is 0.122. The van der Waals surface area contributed by atoms with Gasteiger partial charge in [-0.1, -0.05) is 6.07 Å². The summed E-state index contributed by atoms with van der Waals surface area (Å²) in [6, 6.07) is 4.44. The summed E-state index contributed by atoms with van der Waals surface area (Å²) in [6.45, 7) is 2.67. The number of amides is 1. The van der Waals surface area contributed by atoms with Crippen LogP contribution in [-0.2, 0) is 6.54 Å². The first-order valence-corrected chi connectivity index (χ1v) is 8.82.